The maximum Gasteiger partial charge on any atom is 0.251 e. The number of hydrogen-bond acceptors (Lipinski definition) is 4. The third-order valence-corrected chi connectivity index (χ3v) is 5.47. The summed E-state index contributed by atoms with van der Waals surface area (Å²) in [6.07, 6.45) is 2.10. The molecule has 156 valence electrons. The molecule has 1 saturated carbocycles. The first kappa shape index (κ1) is 20.2. The number of nitrogens with zero attached hydrogens (tertiary/aromatic N) is 1. The van der Waals surface area contributed by atoms with Crippen LogP contribution in [-0.2, 0) is 9.59 Å². The molecule has 30 heavy (non-hydrogen) atoms. The number of benzene rings is 2. The molecule has 0 aromatic heterocycles. The lowest BCUT2D eigenvalue weighted by Crippen LogP contribution is -2.28. The van der Waals surface area contributed by atoms with Gasteiger partial charge < -0.3 is 20.3 Å². The van der Waals surface area contributed by atoms with E-state index in [4.69, 9.17) is 16.3 Å². The Labute approximate surface area is 179 Å². The number of anilines is 2. The largest absolute Gasteiger partial charge is 0.495 e. The Bertz CT molecular complexity index is 1010. The number of carbonyl (C=O) groups excluding carboxylic acids is 3. The van der Waals surface area contributed by atoms with Crippen molar-refractivity contribution in [2.75, 3.05) is 23.9 Å². The van der Waals surface area contributed by atoms with Crippen LogP contribution in [0.5, 0.6) is 5.75 Å². The highest BCUT2D eigenvalue weighted by Gasteiger charge is 2.36. The lowest BCUT2D eigenvalue weighted by molar-refractivity contribution is -0.122. The average Bonchev–Trinajstić information content (AvgIpc) is 3.46. The lowest BCUT2D eigenvalue weighted by atomic mass is 10.1. The van der Waals surface area contributed by atoms with Crippen LogP contribution in [0, 0.1) is 5.92 Å². The lowest BCUT2D eigenvalue weighted by Gasteiger charge is -2.20. The Morgan fingerprint density at radius 1 is 1.17 bits per heavy atom. The Hall–Kier alpha value is -3.06. The Balaban J connectivity index is 1.44. The molecular weight excluding hydrogens is 406 g/mol. The van der Waals surface area contributed by atoms with Gasteiger partial charge in [0.2, 0.25) is 11.8 Å². The van der Waals surface area contributed by atoms with Gasteiger partial charge in [0.15, 0.2) is 0 Å². The van der Waals surface area contributed by atoms with Crippen molar-refractivity contribution in [3.8, 4) is 5.75 Å². The summed E-state index contributed by atoms with van der Waals surface area (Å²) in [6.45, 7) is 0.225. The quantitative estimate of drug-likeness (QED) is 0.740. The minimum Gasteiger partial charge on any atom is -0.495 e. The van der Waals surface area contributed by atoms with Gasteiger partial charge in [-0.1, -0.05) is 17.7 Å². The second-order valence-corrected chi connectivity index (χ2v) is 7.98. The van der Waals surface area contributed by atoms with E-state index in [2.05, 4.69) is 10.6 Å². The van der Waals surface area contributed by atoms with Gasteiger partial charge in [-0.15, -0.1) is 0 Å². The molecule has 1 atom stereocenters. The molecule has 0 radical (unpaired) electrons. The molecule has 0 spiro atoms. The number of carbonyl (C=O) groups is 3. The summed E-state index contributed by atoms with van der Waals surface area (Å²) in [4.78, 5) is 39.1. The number of hydrogen-bond donors (Lipinski definition) is 2. The van der Waals surface area contributed by atoms with Crippen LogP contribution in [0.1, 0.15) is 29.6 Å². The minimum absolute atomic E-state index is 0.0867. The zero-order chi connectivity index (χ0) is 21.3. The highest BCUT2D eigenvalue weighted by atomic mass is 35.5. The Kier molecular flexibility index (Phi) is 5.63. The molecule has 1 saturated heterocycles. The number of halogens is 1. The van der Waals surface area contributed by atoms with Crippen LogP contribution in [0.15, 0.2) is 42.5 Å². The van der Waals surface area contributed by atoms with E-state index in [0.29, 0.717) is 27.7 Å². The van der Waals surface area contributed by atoms with Crippen molar-refractivity contribution in [3.63, 3.8) is 0 Å². The fraction of sp³-hybridized carbons (Fsp3) is 0.318. The summed E-state index contributed by atoms with van der Waals surface area (Å²) < 4.78 is 5.33. The first-order valence-electron chi connectivity index (χ1n) is 9.80. The van der Waals surface area contributed by atoms with Crippen LogP contribution in [0.4, 0.5) is 11.4 Å². The molecule has 1 aliphatic heterocycles. The van der Waals surface area contributed by atoms with E-state index in [1.54, 1.807) is 42.5 Å². The number of ether oxygens (including phenoxy) is 1. The van der Waals surface area contributed by atoms with Gasteiger partial charge in [0, 0.05) is 35.3 Å². The average molecular weight is 428 g/mol. The smallest absolute Gasteiger partial charge is 0.251 e. The molecule has 1 aliphatic carbocycles. The third-order valence-electron chi connectivity index (χ3n) is 5.23. The van der Waals surface area contributed by atoms with Crippen molar-refractivity contribution in [3.05, 3.63) is 53.1 Å². The number of nitrogens with one attached hydrogen (secondary N) is 2. The summed E-state index contributed by atoms with van der Waals surface area (Å²) in [7, 11) is 1.52. The molecule has 0 bridgehead atoms. The van der Waals surface area contributed by atoms with E-state index < -0.39 is 5.92 Å². The fourth-order valence-electron chi connectivity index (χ4n) is 3.47. The van der Waals surface area contributed by atoms with Gasteiger partial charge in [-0.25, -0.2) is 0 Å². The second-order valence-electron chi connectivity index (χ2n) is 7.54. The van der Waals surface area contributed by atoms with Crippen molar-refractivity contribution in [2.45, 2.75) is 25.3 Å². The molecule has 2 fully saturated rings. The minimum atomic E-state index is -0.523. The maximum atomic E-state index is 12.8. The number of amides is 3. The van der Waals surface area contributed by atoms with Gasteiger partial charge in [0.1, 0.15) is 5.75 Å². The van der Waals surface area contributed by atoms with E-state index >= 15 is 0 Å². The normalized spacial score (nSPS) is 18.3. The van der Waals surface area contributed by atoms with Crippen molar-refractivity contribution in [2.24, 2.45) is 5.92 Å². The summed E-state index contributed by atoms with van der Waals surface area (Å²) >= 11 is 6.08. The summed E-state index contributed by atoms with van der Waals surface area (Å²) in [5, 5.41) is 6.23. The van der Waals surface area contributed by atoms with Crippen molar-refractivity contribution >= 4 is 40.7 Å². The van der Waals surface area contributed by atoms with E-state index in [1.165, 1.54) is 12.0 Å². The van der Waals surface area contributed by atoms with Crippen LogP contribution < -0.4 is 20.3 Å². The molecule has 2 aliphatic rings. The first-order valence-corrected chi connectivity index (χ1v) is 10.2. The molecule has 8 heteroatoms. The standard InChI is InChI=1S/C22H22ClN3O4/c1-30-19-8-5-15(23)11-18(19)26-12-14(10-20(26)27)22(29)25-17-4-2-3-13(9-17)21(28)24-16-6-7-16/h2-5,8-9,11,14,16H,6-7,10,12H2,1H3,(H,24,28)(H,25,29)/t14-/m0/s1. The monoisotopic (exact) mass is 427 g/mol. The van der Waals surface area contributed by atoms with Crippen LogP contribution in [-0.4, -0.2) is 37.4 Å². The van der Waals surface area contributed by atoms with Crippen LogP contribution >= 0.6 is 11.6 Å². The predicted molar refractivity (Wildman–Crippen MR) is 114 cm³/mol. The van der Waals surface area contributed by atoms with Crippen LogP contribution in [0.3, 0.4) is 0 Å². The van der Waals surface area contributed by atoms with Gasteiger partial charge >= 0.3 is 0 Å². The van der Waals surface area contributed by atoms with Gasteiger partial charge in [0.05, 0.1) is 18.7 Å². The van der Waals surface area contributed by atoms with Gasteiger partial charge in [-0.05, 0) is 49.2 Å². The Morgan fingerprint density at radius 2 is 1.97 bits per heavy atom. The SMILES string of the molecule is COc1ccc(Cl)cc1N1C[C@@H](C(=O)Nc2cccc(C(=O)NC3CC3)c2)CC1=O. The van der Waals surface area contributed by atoms with Crippen LogP contribution in [0.25, 0.3) is 0 Å². The number of rotatable bonds is 6. The van der Waals surface area contributed by atoms with E-state index in [9.17, 15) is 14.4 Å². The van der Waals surface area contributed by atoms with Gasteiger partial charge in [-0.3, -0.25) is 14.4 Å². The van der Waals surface area contributed by atoms with Gasteiger partial charge in [0.25, 0.3) is 5.91 Å². The zero-order valence-corrected chi connectivity index (χ0v) is 17.2. The van der Waals surface area contributed by atoms with E-state index in [1.807, 2.05) is 0 Å². The van der Waals surface area contributed by atoms with Crippen molar-refractivity contribution in [1.82, 2.24) is 5.32 Å². The molecule has 4 rings (SSSR count). The number of methoxy groups -OCH3 is 1. The molecule has 2 aromatic carbocycles. The predicted octanol–water partition coefficient (Wildman–Crippen LogP) is 3.23. The highest BCUT2D eigenvalue weighted by molar-refractivity contribution is 6.31. The molecule has 2 aromatic rings. The van der Waals surface area contributed by atoms with E-state index in [-0.39, 0.29) is 36.7 Å². The fourth-order valence-corrected chi connectivity index (χ4v) is 3.64. The molecular formula is C22H22ClN3O4. The third kappa shape index (κ3) is 4.41. The van der Waals surface area contributed by atoms with E-state index in [0.717, 1.165) is 12.8 Å². The first-order chi connectivity index (χ1) is 14.4. The molecule has 0 unspecified atom stereocenters. The molecule has 2 N–H and O–H groups in total. The summed E-state index contributed by atoms with van der Waals surface area (Å²) in [5.74, 6) is -0.600. The Morgan fingerprint density at radius 3 is 2.70 bits per heavy atom. The summed E-state index contributed by atoms with van der Waals surface area (Å²) in [5.41, 5.74) is 1.56. The van der Waals surface area contributed by atoms with Gasteiger partial charge in [-0.2, -0.15) is 0 Å². The van der Waals surface area contributed by atoms with Crippen molar-refractivity contribution < 1.29 is 19.1 Å². The zero-order valence-electron chi connectivity index (χ0n) is 16.5. The molecule has 3 amide bonds. The maximum absolute atomic E-state index is 12.8. The van der Waals surface area contributed by atoms with Crippen molar-refractivity contribution in [1.29, 1.82) is 0 Å². The molecule has 1 heterocycles. The second kappa shape index (κ2) is 8.36. The van der Waals surface area contributed by atoms with Crippen LogP contribution in [0.2, 0.25) is 5.02 Å². The highest BCUT2D eigenvalue weighted by Crippen LogP contribution is 2.35. The topological polar surface area (TPSA) is 87.7 Å². The summed E-state index contributed by atoms with van der Waals surface area (Å²) in [6, 6.07) is 12.1. The molecule has 7 nitrogen and oxygen atoms in total.